The van der Waals surface area contributed by atoms with Crippen molar-refractivity contribution in [1.82, 2.24) is 4.81 Å². The Bertz CT molecular complexity index is 45.5. The average molecular weight is 383 g/mol. The second-order valence-electron chi connectivity index (χ2n) is 3.96. The fraction of sp³-hybridized carbons (Fsp3) is 1.00. The molecule has 0 rings (SSSR count). The summed E-state index contributed by atoms with van der Waals surface area (Å²) in [6.07, 6.45) is 0. The zero-order valence-corrected chi connectivity index (χ0v) is 15.7. The first kappa shape index (κ1) is 19.2. The molecule has 0 heterocycles. The van der Waals surface area contributed by atoms with Crippen LogP contribution in [0.3, 0.4) is 0 Å². The minimum atomic E-state index is -0.543. The van der Waals surface area contributed by atoms with Crippen LogP contribution in [0.15, 0.2) is 0 Å². The Balaban J connectivity index is -0.000000101. The van der Waals surface area contributed by atoms with E-state index in [0.717, 1.165) is 0 Å². The number of hydrogen-bond donors (Lipinski definition) is 0. The molecule has 0 aliphatic heterocycles. The molecule has 72 valence electrons. The number of nitrogens with zero attached hydrogens (tertiary/aromatic N) is 1. The van der Waals surface area contributed by atoms with Crippen LogP contribution in [0, 0.1) is 0 Å². The van der Waals surface area contributed by atoms with E-state index in [4.69, 9.17) is 7.98 Å². The van der Waals surface area contributed by atoms with Crippen LogP contribution < -0.4 is 0 Å². The normalized spacial score (nSPS) is 8.92. The van der Waals surface area contributed by atoms with E-state index in [0.29, 0.717) is 0 Å². The molecule has 4 radical (unpaired) electrons. The fourth-order valence-corrected chi connectivity index (χ4v) is 0. The Kier molecular flexibility index (Phi) is 24.2. The maximum absolute atomic E-state index is 4.94. The molecule has 0 unspecified atom stereocenters. The number of rotatable bonds is 0. The van der Waals surface area contributed by atoms with Crippen molar-refractivity contribution in [3.63, 3.8) is 0 Å². The van der Waals surface area contributed by atoms with E-state index in [1.54, 1.807) is 14.1 Å². The molecular weight excluding hydrogens is 358 g/mol. The van der Waals surface area contributed by atoms with Crippen LogP contribution in [0.1, 0.15) is 0 Å². The molecule has 0 N–H and O–H groups in total. The average Bonchev–Trinajstić information content (AvgIpc) is 1.54. The zero-order valence-electron chi connectivity index (χ0n) is 10.0. The molecule has 0 aromatic heterocycles. The summed E-state index contributed by atoms with van der Waals surface area (Å²) in [5.41, 5.74) is 0. The van der Waals surface area contributed by atoms with E-state index in [-0.39, 0.29) is 0 Å². The van der Waals surface area contributed by atoms with Crippen molar-refractivity contribution in [2.75, 3.05) is 14.1 Å². The zero-order chi connectivity index (χ0) is 10.7. The summed E-state index contributed by atoms with van der Waals surface area (Å²) in [5, 5.41) is 0. The van der Waals surface area contributed by atoms with Gasteiger partial charge in [-0.25, -0.2) is 0 Å². The van der Waals surface area contributed by atoms with Gasteiger partial charge in [0.1, 0.15) is 0 Å². The van der Waals surface area contributed by atoms with Gasteiger partial charge < -0.3 is 4.81 Å². The van der Waals surface area contributed by atoms with Crippen molar-refractivity contribution < 1.29 is 0 Å². The van der Waals surface area contributed by atoms with Gasteiger partial charge in [-0.3, -0.25) is 0 Å². The molecule has 0 aromatic rings. The van der Waals surface area contributed by atoms with Crippen LogP contribution in [0.25, 0.3) is 0 Å². The summed E-state index contributed by atoms with van der Waals surface area (Å²) in [6, 6.07) is 0. The van der Waals surface area contributed by atoms with Crippen LogP contribution in [0.2, 0.25) is 29.6 Å². The van der Waals surface area contributed by atoms with Gasteiger partial charge in [0, 0.05) is 0 Å². The third-order valence-electron chi connectivity index (χ3n) is 0. The van der Waals surface area contributed by atoms with E-state index in [2.05, 4.69) is 29.6 Å². The standard InChI is InChI=1S/C2H6BN.6CH3.2Sn/c1-4(2)3;;;;;;;;/h1-2H3;6*1H3;;. The fourth-order valence-electron chi connectivity index (χ4n) is 0. The summed E-state index contributed by atoms with van der Waals surface area (Å²) < 4.78 is 0. The van der Waals surface area contributed by atoms with Gasteiger partial charge in [-0.05, 0) is 14.1 Å². The van der Waals surface area contributed by atoms with E-state index >= 15 is 0 Å². The van der Waals surface area contributed by atoms with Gasteiger partial charge in [-0.2, -0.15) is 0 Å². The molecule has 0 saturated heterocycles. The van der Waals surface area contributed by atoms with Crippen molar-refractivity contribution in [3.8, 4) is 0 Å². The van der Waals surface area contributed by atoms with E-state index in [9.17, 15) is 0 Å². The predicted molar refractivity (Wildman–Crippen MR) is 66.1 cm³/mol. The Morgan fingerprint density at radius 1 is 0.750 bits per heavy atom. The van der Waals surface area contributed by atoms with Crippen LogP contribution in [-0.4, -0.2) is 66.4 Å². The molecule has 0 aromatic carbocycles. The Morgan fingerprint density at radius 3 is 0.750 bits per heavy atom. The summed E-state index contributed by atoms with van der Waals surface area (Å²) in [6.45, 7) is 0. The van der Waals surface area contributed by atoms with Gasteiger partial charge in [0.15, 0.2) is 7.98 Å². The summed E-state index contributed by atoms with van der Waals surface area (Å²) in [5.74, 6) is 0. The van der Waals surface area contributed by atoms with Gasteiger partial charge in [-0.1, -0.05) is 0 Å². The van der Waals surface area contributed by atoms with E-state index in [1.807, 2.05) is 0 Å². The van der Waals surface area contributed by atoms with Gasteiger partial charge in [0.2, 0.25) is 0 Å². The van der Waals surface area contributed by atoms with Crippen LogP contribution in [-0.2, 0) is 0 Å². The molecule has 0 atom stereocenters. The quantitative estimate of drug-likeness (QED) is 0.582. The van der Waals surface area contributed by atoms with Crippen molar-refractivity contribution in [3.05, 3.63) is 0 Å². The van der Waals surface area contributed by atoms with E-state index < -0.39 is 39.5 Å². The minimum absolute atomic E-state index is 0.543. The molecular formula is C8H24BNSn2. The predicted octanol–water partition coefficient (Wildman–Crippen LogP) is 2.37. The van der Waals surface area contributed by atoms with Gasteiger partial charge in [0.25, 0.3) is 0 Å². The Morgan fingerprint density at radius 2 is 0.750 bits per heavy atom. The molecule has 12 heavy (non-hydrogen) atoms. The Hall–Kier alpha value is 1.62. The van der Waals surface area contributed by atoms with Crippen LogP contribution in [0.4, 0.5) is 0 Å². The summed E-state index contributed by atoms with van der Waals surface area (Å²) in [4.78, 5) is 15.7. The monoisotopic (exact) mass is 385 g/mol. The van der Waals surface area contributed by atoms with Crippen molar-refractivity contribution in [2.24, 2.45) is 0 Å². The third kappa shape index (κ3) is 498. The van der Waals surface area contributed by atoms with E-state index in [1.165, 1.54) is 4.81 Å². The topological polar surface area (TPSA) is 3.24 Å². The molecule has 0 aliphatic rings. The van der Waals surface area contributed by atoms with Gasteiger partial charge in [-0.15, -0.1) is 0 Å². The first-order chi connectivity index (χ1) is 5.20. The molecule has 0 fully saturated rings. The first-order valence-corrected chi connectivity index (χ1v) is 21.3. The van der Waals surface area contributed by atoms with Crippen LogP contribution >= 0.6 is 0 Å². The van der Waals surface area contributed by atoms with Gasteiger partial charge in [0.05, 0.1) is 0 Å². The molecule has 0 saturated carbocycles. The molecule has 4 heteroatoms. The third-order valence-corrected chi connectivity index (χ3v) is 0. The molecule has 0 aliphatic carbocycles. The number of hydrogen-bond acceptors (Lipinski definition) is 1. The molecule has 1 nitrogen and oxygen atoms in total. The summed E-state index contributed by atoms with van der Waals surface area (Å²) in [7, 11) is 8.50. The van der Waals surface area contributed by atoms with Crippen molar-refractivity contribution in [2.45, 2.75) is 29.6 Å². The second-order valence-corrected chi connectivity index (χ2v) is 21.1. The van der Waals surface area contributed by atoms with Crippen molar-refractivity contribution in [1.29, 1.82) is 0 Å². The molecule has 0 bridgehead atoms. The SMILES string of the molecule is [B]N(C)C.[CH3][Sn]([CH3])[CH3].[CH3][Sn]([CH3])[CH3]. The molecule has 0 amide bonds. The van der Waals surface area contributed by atoms with Gasteiger partial charge >= 0.3 is 69.2 Å². The Labute approximate surface area is 95.2 Å². The van der Waals surface area contributed by atoms with Crippen LogP contribution in [0.5, 0.6) is 0 Å². The second kappa shape index (κ2) is 15.1. The van der Waals surface area contributed by atoms with Crippen molar-refractivity contribution >= 4 is 47.5 Å². The summed E-state index contributed by atoms with van der Waals surface area (Å²) >= 11 is -1.09. The first-order valence-electron chi connectivity index (χ1n) is 4.15. The maximum atomic E-state index is 4.94. The molecule has 0 spiro atoms.